The van der Waals surface area contributed by atoms with Crippen LogP contribution in [0.5, 0.6) is 11.5 Å². The second-order valence-corrected chi connectivity index (χ2v) is 4.06. The minimum atomic E-state index is 0.0647. The van der Waals surface area contributed by atoms with Gasteiger partial charge in [0.25, 0.3) is 0 Å². The van der Waals surface area contributed by atoms with Gasteiger partial charge in [0.15, 0.2) is 0 Å². The summed E-state index contributed by atoms with van der Waals surface area (Å²) >= 11 is 0. The van der Waals surface area contributed by atoms with Gasteiger partial charge in [0.2, 0.25) is 0 Å². The van der Waals surface area contributed by atoms with E-state index >= 15 is 0 Å². The molecule has 0 saturated heterocycles. The second-order valence-electron chi connectivity index (χ2n) is 4.06. The van der Waals surface area contributed by atoms with E-state index in [1.54, 1.807) is 12.1 Å². The third kappa shape index (κ3) is 4.08. The number of aliphatic hydroxyl groups excluding tert-OH is 1. The van der Waals surface area contributed by atoms with Crippen LogP contribution in [0.3, 0.4) is 0 Å². The molecule has 4 nitrogen and oxygen atoms in total. The van der Waals surface area contributed by atoms with Gasteiger partial charge in [0.1, 0.15) is 11.5 Å². The molecule has 0 aliphatic carbocycles. The molecule has 0 aliphatic rings. The molecule has 0 amide bonds. The van der Waals surface area contributed by atoms with Crippen molar-refractivity contribution in [1.82, 2.24) is 5.32 Å². The molecule has 16 heavy (non-hydrogen) atoms. The van der Waals surface area contributed by atoms with Gasteiger partial charge < -0.3 is 20.6 Å². The number of hydrogen-bond acceptors (Lipinski definition) is 4. The average molecular weight is 225 g/mol. The van der Waals surface area contributed by atoms with Crippen LogP contribution in [0, 0.1) is 5.92 Å². The molecule has 0 aromatic heterocycles. The molecule has 1 atom stereocenters. The lowest BCUT2D eigenvalue weighted by molar-refractivity contribution is 0.260. The number of hydrogen-bond donors (Lipinski definition) is 4. The molecule has 1 aromatic rings. The van der Waals surface area contributed by atoms with Crippen LogP contribution in [-0.4, -0.2) is 28.5 Å². The molecule has 4 N–H and O–H groups in total. The summed E-state index contributed by atoms with van der Waals surface area (Å²) in [4.78, 5) is 0. The Kier molecular flexibility index (Phi) is 5.08. The van der Waals surface area contributed by atoms with E-state index in [-0.39, 0.29) is 18.1 Å². The van der Waals surface area contributed by atoms with Crippen LogP contribution in [0.1, 0.15) is 18.9 Å². The molecule has 0 bridgehead atoms. The van der Waals surface area contributed by atoms with E-state index in [9.17, 15) is 5.11 Å². The molecule has 0 saturated carbocycles. The van der Waals surface area contributed by atoms with Crippen molar-refractivity contribution in [2.75, 3.05) is 13.2 Å². The number of aliphatic hydroxyl groups is 1. The highest BCUT2D eigenvalue weighted by Crippen LogP contribution is 2.22. The Bertz CT molecular complexity index is 328. The molecular formula is C12H19NO3. The van der Waals surface area contributed by atoms with Gasteiger partial charge in [-0.2, -0.15) is 0 Å². The Labute approximate surface area is 95.6 Å². The zero-order valence-corrected chi connectivity index (χ0v) is 9.48. The van der Waals surface area contributed by atoms with E-state index in [4.69, 9.17) is 10.2 Å². The summed E-state index contributed by atoms with van der Waals surface area (Å²) in [6.45, 7) is 3.61. The number of aromatic hydroxyl groups is 2. The van der Waals surface area contributed by atoms with Crippen LogP contribution < -0.4 is 5.32 Å². The third-order valence-electron chi connectivity index (χ3n) is 2.50. The number of phenolic OH excluding ortho intramolecular Hbond substituents is 2. The number of nitrogens with one attached hydrogen (secondary N) is 1. The van der Waals surface area contributed by atoms with Gasteiger partial charge in [0.05, 0.1) is 0 Å². The zero-order chi connectivity index (χ0) is 12.0. The van der Waals surface area contributed by atoms with Crippen molar-refractivity contribution in [3.8, 4) is 11.5 Å². The highest BCUT2D eigenvalue weighted by molar-refractivity contribution is 5.38. The first kappa shape index (κ1) is 12.8. The summed E-state index contributed by atoms with van der Waals surface area (Å²) in [6, 6.07) is 4.57. The lowest BCUT2D eigenvalue weighted by Crippen LogP contribution is -2.21. The van der Waals surface area contributed by atoms with Gasteiger partial charge in [-0.05, 0) is 24.9 Å². The van der Waals surface area contributed by atoms with E-state index in [0.29, 0.717) is 12.5 Å². The fraction of sp³-hybridized carbons (Fsp3) is 0.500. The molecule has 4 heteroatoms. The molecule has 1 unspecified atom stereocenters. The summed E-state index contributed by atoms with van der Waals surface area (Å²) in [5.41, 5.74) is 0.758. The Morgan fingerprint density at radius 2 is 2.06 bits per heavy atom. The maximum absolute atomic E-state index is 9.52. The van der Waals surface area contributed by atoms with Gasteiger partial charge in [-0.3, -0.25) is 0 Å². The minimum absolute atomic E-state index is 0.0647. The van der Waals surface area contributed by atoms with Gasteiger partial charge >= 0.3 is 0 Å². The fourth-order valence-corrected chi connectivity index (χ4v) is 1.48. The molecule has 90 valence electrons. The van der Waals surface area contributed by atoms with Gasteiger partial charge in [-0.1, -0.05) is 13.0 Å². The Morgan fingerprint density at radius 1 is 1.31 bits per heavy atom. The topological polar surface area (TPSA) is 72.7 Å². The lowest BCUT2D eigenvalue weighted by atomic mass is 10.1. The van der Waals surface area contributed by atoms with E-state index < -0.39 is 0 Å². The molecule has 0 radical (unpaired) electrons. The minimum Gasteiger partial charge on any atom is -0.508 e. The maximum Gasteiger partial charge on any atom is 0.123 e. The summed E-state index contributed by atoms with van der Waals surface area (Å²) in [5.74, 6) is 0.571. The molecular weight excluding hydrogens is 206 g/mol. The van der Waals surface area contributed by atoms with Crippen LogP contribution in [0.4, 0.5) is 0 Å². The number of phenols is 2. The number of rotatable bonds is 6. The second kappa shape index (κ2) is 6.35. The van der Waals surface area contributed by atoms with Crippen molar-refractivity contribution in [3.63, 3.8) is 0 Å². The first-order valence-corrected chi connectivity index (χ1v) is 5.46. The molecule has 0 fully saturated rings. The SMILES string of the molecule is CC(CCO)CNCc1ccc(O)cc1O. The third-order valence-corrected chi connectivity index (χ3v) is 2.50. The normalized spacial score (nSPS) is 12.6. The van der Waals surface area contributed by atoms with Crippen LogP contribution in [0.2, 0.25) is 0 Å². The molecule has 1 aromatic carbocycles. The van der Waals surface area contributed by atoms with Gasteiger partial charge in [0, 0.05) is 24.8 Å². The maximum atomic E-state index is 9.52. The van der Waals surface area contributed by atoms with Crippen LogP contribution in [-0.2, 0) is 6.54 Å². The monoisotopic (exact) mass is 225 g/mol. The highest BCUT2D eigenvalue weighted by atomic mass is 16.3. The first-order valence-electron chi connectivity index (χ1n) is 5.46. The average Bonchev–Trinajstić information content (AvgIpc) is 2.22. The van der Waals surface area contributed by atoms with E-state index in [1.165, 1.54) is 6.07 Å². The van der Waals surface area contributed by atoms with Crippen LogP contribution in [0.15, 0.2) is 18.2 Å². The fourth-order valence-electron chi connectivity index (χ4n) is 1.48. The Hall–Kier alpha value is -1.26. The predicted molar refractivity (Wildman–Crippen MR) is 62.3 cm³/mol. The van der Waals surface area contributed by atoms with E-state index in [1.807, 2.05) is 0 Å². The van der Waals surface area contributed by atoms with Gasteiger partial charge in [-0.25, -0.2) is 0 Å². The Balaban J connectivity index is 2.37. The molecule has 0 spiro atoms. The largest absolute Gasteiger partial charge is 0.508 e. The smallest absolute Gasteiger partial charge is 0.123 e. The quantitative estimate of drug-likeness (QED) is 0.587. The summed E-state index contributed by atoms with van der Waals surface area (Å²) in [5, 5.41) is 30.6. The van der Waals surface area contributed by atoms with E-state index in [0.717, 1.165) is 18.5 Å². The van der Waals surface area contributed by atoms with Crippen LogP contribution in [0.25, 0.3) is 0 Å². The summed E-state index contributed by atoms with van der Waals surface area (Å²) < 4.78 is 0. The first-order chi connectivity index (χ1) is 7.63. The standard InChI is InChI=1S/C12H19NO3/c1-9(4-5-14)7-13-8-10-2-3-11(15)6-12(10)16/h2-3,6,9,13-16H,4-5,7-8H2,1H3. The zero-order valence-electron chi connectivity index (χ0n) is 9.48. The van der Waals surface area contributed by atoms with Crippen molar-refractivity contribution in [3.05, 3.63) is 23.8 Å². The van der Waals surface area contributed by atoms with Gasteiger partial charge in [-0.15, -0.1) is 0 Å². The Morgan fingerprint density at radius 3 is 2.69 bits per heavy atom. The number of benzene rings is 1. The molecule has 0 aliphatic heterocycles. The summed E-state index contributed by atoms with van der Waals surface area (Å²) in [6.07, 6.45) is 0.772. The van der Waals surface area contributed by atoms with Crippen molar-refractivity contribution < 1.29 is 15.3 Å². The van der Waals surface area contributed by atoms with Crippen molar-refractivity contribution in [2.45, 2.75) is 19.9 Å². The summed E-state index contributed by atoms with van der Waals surface area (Å²) in [7, 11) is 0. The lowest BCUT2D eigenvalue weighted by Gasteiger charge is -2.11. The van der Waals surface area contributed by atoms with Crippen molar-refractivity contribution in [2.24, 2.45) is 5.92 Å². The van der Waals surface area contributed by atoms with Crippen molar-refractivity contribution in [1.29, 1.82) is 0 Å². The molecule has 1 rings (SSSR count). The highest BCUT2D eigenvalue weighted by Gasteiger charge is 2.04. The predicted octanol–water partition coefficient (Wildman–Crippen LogP) is 1.21. The molecule has 0 heterocycles. The van der Waals surface area contributed by atoms with E-state index in [2.05, 4.69) is 12.2 Å². The van der Waals surface area contributed by atoms with Crippen LogP contribution >= 0.6 is 0 Å². The van der Waals surface area contributed by atoms with Crippen molar-refractivity contribution >= 4 is 0 Å².